The van der Waals surface area contributed by atoms with Crippen molar-refractivity contribution >= 4 is 47.3 Å². The maximum Gasteiger partial charge on any atom is 0.326 e. The van der Waals surface area contributed by atoms with Gasteiger partial charge in [0.05, 0.1) is 31.6 Å². The number of aromatic nitrogens is 2. The fourth-order valence-corrected chi connectivity index (χ4v) is 5.21. The SMILES string of the molecule is CC[C@H](C)[C@H](NC(=O)[C@@H](N)[C@@H](C)O)C(=O)N[C@@H](CCCCN)C(=O)NCC(=O)NCC(=O)N[C@H](C(=O)N[C@@H](Cc1cnc[nH]1)C(=O)N[C@H](C(=O)O)C(C)C)[C@@H](C)O. The van der Waals surface area contributed by atoms with Crippen LogP contribution in [0.4, 0.5) is 0 Å². The van der Waals surface area contributed by atoms with E-state index < -0.39 is 115 Å². The molecule has 9 atom stereocenters. The molecule has 1 aromatic rings. The zero-order valence-corrected chi connectivity index (χ0v) is 33.3. The van der Waals surface area contributed by atoms with Crippen molar-refractivity contribution in [3.63, 3.8) is 0 Å². The van der Waals surface area contributed by atoms with E-state index in [1.807, 2.05) is 0 Å². The van der Waals surface area contributed by atoms with Crippen LogP contribution in [0.3, 0.4) is 0 Å². The number of nitrogens with one attached hydrogen (secondary N) is 8. The van der Waals surface area contributed by atoms with Crippen molar-refractivity contribution in [1.82, 2.24) is 47.2 Å². The maximum atomic E-state index is 13.3. The Morgan fingerprint density at radius 2 is 1.32 bits per heavy atom. The highest BCUT2D eigenvalue weighted by molar-refractivity contribution is 5.96. The number of nitrogens with zero attached hydrogens (tertiary/aromatic N) is 1. The molecule has 57 heavy (non-hydrogen) atoms. The van der Waals surface area contributed by atoms with E-state index in [9.17, 15) is 53.7 Å². The van der Waals surface area contributed by atoms with E-state index in [1.54, 1.807) is 27.7 Å². The molecule has 0 bridgehead atoms. The molecule has 322 valence electrons. The number of carbonyl (C=O) groups excluding carboxylic acids is 7. The van der Waals surface area contributed by atoms with Crippen molar-refractivity contribution in [3.05, 3.63) is 18.2 Å². The first-order valence-corrected chi connectivity index (χ1v) is 18.8. The topological polar surface area (TPSA) is 362 Å². The lowest BCUT2D eigenvalue weighted by molar-refractivity contribution is -0.143. The van der Waals surface area contributed by atoms with Crippen molar-refractivity contribution in [2.75, 3.05) is 19.6 Å². The van der Waals surface area contributed by atoms with E-state index in [2.05, 4.69) is 47.2 Å². The minimum atomic E-state index is -1.61. The summed E-state index contributed by atoms with van der Waals surface area (Å²) in [5.41, 5.74) is 11.7. The molecule has 22 heteroatoms. The van der Waals surface area contributed by atoms with Gasteiger partial charge >= 0.3 is 5.97 Å². The van der Waals surface area contributed by atoms with Crippen LogP contribution in [0.1, 0.15) is 72.9 Å². The van der Waals surface area contributed by atoms with Crippen LogP contribution in [0.15, 0.2) is 12.5 Å². The van der Waals surface area contributed by atoms with Crippen LogP contribution < -0.4 is 48.7 Å². The van der Waals surface area contributed by atoms with Crippen LogP contribution in [0, 0.1) is 11.8 Å². The van der Waals surface area contributed by atoms with Gasteiger partial charge < -0.3 is 69.0 Å². The summed E-state index contributed by atoms with van der Waals surface area (Å²) in [6.45, 7) is 8.21. The number of aliphatic hydroxyl groups is 2. The fraction of sp³-hybridized carbons (Fsp3) is 0.686. The minimum Gasteiger partial charge on any atom is -0.480 e. The van der Waals surface area contributed by atoms with E-state index >= 15 is 0 Å². The number of hydrogen-bond acceptors (Lipinski definition) is 13. The summed E-state index contributed by atoms with van der Waals surface area (Å²) in [6.07, 6.45) is 1.48. The van der Waals surface area contributed by atoms with Crippen LogP contribution in [-0.2, 0) is 44.8 Å². The molecule has 22 nitrogen and oxygen atoms in total. The zero-order valence-electron chi connectivity index (χ0n) is 33.3. The molecule has 7 amide bonds. The number of rotatable bonds is 26. The molecule has 15 N–H and O–H groups in total. The Hall–Kier alpha value is -5.19. The average molecular weight is 812 g/mol. The van der Waals surface area contributed by atoms with Gasteiger partial charge in [-0.3, -0.25) is 33.6 Å². The predicted octanol–water partition coefficient (Wildman–Crippen LogP) is -4.39. The summed E-state index contributed by atoms with van der Waals surface area (Å²) in [5, 5.41) is 46.5. The number of hydrogen-bond donors (Lipinski definition) is 13. The number of aromatic amines is 1. The molecule has 0 spiro atoms. The van der Waals surface area contributed by atoms with Gasteiger partial charge in [0.1, 0.15) is 36.3 Å². The van der Waals surface area contributed by atoms with E-state index in [4.69, 9.17) is 11.5 Å². The van der Waals surface area contributed by atoms with E-state index in [-0.39, 0.29) is 18.8 Å². The van der Waals surface area contributed by atoms with Gasteiger partial charge in [-0.1, -0.05) is 34.1 Å². The Morgan fingerprint density at radius 1 is 0.719 bits per heavy atom. The Morgan fingerprint density at radius 3 is 1.84 bits per heavy atom. The molecule has 1 aromatic heterocycles. The number of H-pyrrole nitrogens is 1. The van der Waals surface area contributed by atoms with Crippen molar-refractivity contribution in [2.24, 2.45) is 23.3 Å². The highest BCUT2D eigenvalue weighted by atomic mass is 16.4. The zero-order chi connectivity index (χ0) is 43.4. The lowest BCUT2D eigenvalue weighted by Crippen LogP contribution is -2.60. The Balaban J connectivity index is 2.92. The third-order valence-electron chi connectivity index (χ3n) is 8.99. The summed E-state index contributed by atoms with van der Waals surface area (Å²) >= 11 is 0. The number of carbonyl (C=O) groups is 8. The summed E-state index contributed by atoms with van der Waals surface area (Å²) in [4.78, 5) is 109. The Kier molecular flexibility index (Phi) is 22.0. The molecule has 0 saturated carbocycles. The lowest BCUT2D eigenvalue weighted by atomic mass is 9.96. The summed E-state index contributed by atoms with van der Waals surface area (Å²) in [5.74, 6) is -7.93. The third kappa shape index (κ3) is 17.7. The monoisotopic (exact) mass is 811 g/mol. The minimum absolute atomic E-state index is 0.137. The number of amides is 7. The molecule has 0 radical (unpaired) electrons. The molecule has 0 fully saturated rings. The van der Waals surface area contributed by atoms with Crippen LogP contribution >= 0.6 is 0 Å². The second-order valence-corrected chi connectivity index (χ2v) is 14.2. The molecule has 0 aliphatic carbocycles. The average Bonchev–Trinajstić information content (AvgIpc) is 3.67. The van der Waals surface area contributed by atoms with E-state index in [1.165, 1.54) is 26.4 Å². The second kappa shape index (κ2) is 25.1. The predicted molar refractivity (Wildman–Crippen MR) is 204 cm³/mol. The standard InChI is InChI=1S/C35H61N11O11/c1-7-18(4)28(46-32(53)26(37)19(5)47)33(54)42-22(10-8-9-11-36)30(51)40-14-24(49)39-15-25(50)44-29(20(6)48)34(55)43-23(12-21-13-38-16-41-21)31(52)45-27(17(2)3)35(56)57/h13,16-20,22-23,26-29,47-48H,7-12,14-15,36-37H2,1-6H3,(H,38,41)(H,39,49)(H,40,51)(H,42,54)(H,43,55)(H,44,50)(H,45,52)(H,46,53)(H,56,57)/t18-,19+,20+,22-,23-,26-,27-,28-,29-/m0/s1. The van der Waals surface area contributed by atoms with E-state index in [0.29, 0.717) is 31.5 Å². The lowest BCUT2D eigenvalue weighted by Gasteiger charge is -2.28. The second-order valence-electron chi connectivity index (χ2n) is 14.2. The van der Waals surface area contributed by atoms with Gasteiger partial charge in [-0.05, 0) is 51.5 Å². The van der Waals surface area contributed by atoms with Crippen molar-refractivity contribution < 1.29 is 53.7 Å². The number of carboxylic acid groups (broad SMARTS) is 1. The van der Waals surface area contributed by atoms with Crippen LogP contribution in [0.5, 0.6) is 0 Å². The number of imidazole rings is 1. The smallest absolute Gasteiger partial charge is 0.326 e. The van der Waals surface area contributed by atoms with Crippen LogP contribution in [0.2, 0.25) is 0 Å². The third-order valence-corrected chi connectivity index (χ3v) is 8.99. The van der Waals surface area contributed by atoms with Crippen LogP contribution in [-0.4, -0.2) is 141 Å². The molecule has 1 heterocycles. The fourth-order valence-electron chi connectivity index (χ4n) is 5.21. The van der Waals surface area contributed by atoms with Crippen molar-refractivity contribution in [2.45, 2.75) is 122 Å². The molecular formula is C35H61N11O11. The van der Waals surface area contributed by atoms with Crippen LogP contribution in [0.25, 0.3) is 0 Å². The van der Waals surface area contributed by atoms with E-state index in [0.717, 1.165) is 0 Å². The number of nitrogens with two attached hydrogens (primary N) is 2. The summed E-state index contributed by atoms with van der Waals surface area (Å²) in [7, 11) is 0. The quantitative estimate of drug-likeness (QED) is 0.0393. The van der Waals surface area contributed by atoms with Gasteiger partial charge in [0.2, 0.25) is 41.4 Å². The van der Waals surface area contributed by atoms with Crippen molar-refractivity contribution in [3.8, 4) is 0 Å². The number of carboxylic acids is 1. The Bertz CT molecular complexity index is 1490. The molecule has 0 aromatic carbocycles. The Labute approximate surface area is 331 Å². The van der Waals surface area contributed by atoms with Gasteiger partial charge in [-0.25, -0.2) is 9.78 Å². The van der Waals surface area contributed by atoms with Gasteiger partial charge in [-0.2, -0.15) is 0 Å². The maximum absolute atomic E-state index is 13.3. The molecule has 0 aliphatic rings. The molecule has 0 saturated heterocycles. The van der Waals surface area contributed by atoms with Crippen molar-refractivity contribution in [1.29, 1.82) is 0 Å². The van der Waals surface area contributed by atoms with Gasteiger partial charge in [0.25, 0.3) is 0 Å². The number of unbranched alkanes of at least 4 members (excludes halogenated alkanes) is 1. The first-order valence-electron chi connectivity index (χ1n) is 18.8. The number of aliphatic hydroxyl groups excluding tert-OH is 2. The normalized spacial score (nSPS) is 15.9. The highest BCUT2D eigenvalue weighted by Gasteiger charge is 2.34. The van der Waals surface area contributed by atoms with Gasteiger partial charge in [0.15, 0.2) is 0 Å². The largest absolute Gasteiger partial charge is 0.480 e. The van der Waals surface area contributed by atoms with Gasteiger partial charge in [-0.15, -0.1) is 0 Å². The summed E-state index contributed by atoms with van der Waals surface area (Å²) in [6, 6.07) is -7.77. The summed E-state index contributed by atoms with van der Waals surface area (Å²) < 4.78 is 0. The van der Waals surface area contributed by atoms with Gasteiger partial charge in [0, 0.05) is 18.3 Å². The first kappa shape index (κ1) is 49.8. The highest BCUT2D eigenvalue weighted by Crippen LogP contribution is 2.11. The molecule has 0 aliphatic heterocycles. The number of aliphatic carboxylic acids is 1. The first-order chi connectivity index (χ1) is 26.7. The molecule has 0 unspecified atom stereocenters. The molecule has 1 rings (SSSR count). The molecular weight excluding hydrogens is 750 g/mol.